The minimum absolute atomic E-state index is 0.216. The molecule has 0 aromatic heterocycles. The first-order valence-corrected chi connectivity index (χ1v) is 5.20. The van der Waals surface area contributed by atoms with Crippen LogP contribution in [0.2, 0.25) is 0 Å². The Balaban J connectivity index is 2.83. The van der Waals surface area contributed by atoms with Crippen molar-refractivity contribution in [3.8, 4) is 0 Å². The van der Waals surface area contributed by atoms with E-state index in [4.69, 9.17) is 0 Å². The van der Waals surface area contributed by atoms with E-state index in [0.717, 1.165) is 10.0 Å². The van der Waals surface area contributed by atoms with Crippen molar-refractivity contribution in [1.82, 2.24) is 0 Å². The van der Waals surface area contributed by atoms with Gasteiger partial charge in [0.2, 0.25) is 0 Å². The number of esters is 1. The quantitative estimate of drug-likeness (QED) is 0.482. The van der Waals surface area contributed by atoms with Gasteiger partial charge in [0.1, 0.15) is 6.42 Å². The van der Waals surface area contributed by atoms with Gasteiger partial charge in [-0.15, -0.1) is 0 Å². The average molecular weight is 271 g/mol. The molecule has 1 rings (SSSR count). The highest BCUT2D eigenvalue weighted by molar-refractivity contribution is 9.10. The van der Waals surface area contributed by atoms with E-state index in [1.54, 1.807) is 12.1 Å². The number of rotatable bonds is 3. The highest BCUT2D eigenvalue weighted by atomic mass is 79.9. The summed E-state index contributed by atoms with van der Waals surface area (Å²) in [4.78, 5) is 22.4. The average Bonchev–Trinajstić information content (AvgIpc) is 2.21. The van der Waals surface area contributed by atoms with E-state index in [1.807, 2.05) is 13.0 Å². The van der Waals surface area contributed by atoms with Gasteiger partial charge < -0.3 is 4.74 Å². The third kappa shape index (κ3) is 3.16. The summed E-state index contributed by atoms with van der Waals surface area (Å²) >= 11 is 3.33. The standard InChI is InChI=1S/C11H11BrO3/c1-7-3-4-8(5-9(7)12)10(13)6-11(14)15-2/h3-5H,6H2,1-2H3. The molecule has 0 amide bonds. The maximum absolute atomic E-state index is 11.6. The number of halogens is 1. The van der Waals surface area contributed by atoms with Gasteiger partial charge in [-0.3, -0.25) is 9.59 Å². The van der Waals surface area contributed by atoms with Gasteiger partial charge in [-0.1, -0.05) is 28.1 Å². The molecular formula is C11H11BrO3. The summed E-state index contributed by atoms with van der Waals surface area (Å²) in [5, 5.41) is 0. The molecule has 0 N–H and O–H groups in total. The first-order valence-electron chi connectivity index (χ1n) is 4.40. The summed E-state index contributed by atoms with van der Waals surface area (Å²) in [6, 6.07) is 5.24. The number of Topliss-reactive ketones (excluding diaryl/α,β-unsaturated/α-hetero) is 1. The normalized spacial score (nSPS) is 9.80. The molecule has 0 bridgehead atoms. The molecule has 0 spiro atoms. The monoisotopic (exact) mass is 270 g/mol. The SMILES string of the molecule is COC(=O)CC(=O)c1ccc(C)c(Br)c1. The predicted octanol–water partition coefficient (Wildman–Crippen LogP) is 2.50. The molecule has 0 aliphatic rings. The number of ketones is 1. The molecule has 1 aromatic rings. The molecule has 0 aliphatic carbocycles. The maximum Gasteiger partial charge on any atom is 0.313 e. The van der Waals surface area contributed by atoms with E-state index < -0.39 is 5.97 Å². The number of carbonyl (C=O) groups is 2. The van der Waals surface area contributed by atoms with Crippen LogP contribution in [0.25, 0.3) is 0 Å². The molecule has 1 aromatic carbocycles. The van der Waals surface area contributed by atoms with Crippen molar-refractivity contribution in [3.05, 3.63) is 33.8 Å². The number of hydrogen-bond donors (Lipinski definition) is 0. The van der Waals surface area contributed by atoms with Gasteiger partial charge in [0.05, 0.1) is 7.11 Å². The number of hydrogen-bond acceptors (Lipinski definition) is 3. The van der Waals surface area contributed by atoms with Gasteiger partial charge in [0, 0.05) is 10.0 Å². The first-order chi connectivity index (χ1) is 7.04. The van der Waals surface area contributed by atoms with E-state index in [-0.39, 0.29) is 12.2 Å². The largest absolute Gasteiger partial charge is 0.469 e. The van der Waals surface area contributed by atoms with Crippen LogP contribution < -0.4 is 0 Å². The Morgan fingerprint density at radius 2 is 2.07 bits per heavy atom. The first kappa shape index (κ1) is 11.9. The van der Waals surface area contributed by atoms with Crippen molar-refractivity contribution >= 4 is 27.7 Å². The Morgan fingerprint density at radius 1 is 1.40 bits per heavy atom. The smallest absolute Gasteiger partial charge is 0.313 e. The van der Waals surface area contributed by atoms with Crippen LogP contribution in [0.5, 0.6) is 0 Å². The van der Waals surface area contributed by atoms with E-state index in [2.05, 4.69) is 20.7 Å². The molecule has 0 atom stereocenters. The van der Waals surface area contributed by atoms with Gasteiger partial charge in [-0.25, -0.2) is 0 Å². The second kappa shape index (κ2) is 5.07. The molecule has 15 heavy (non-hydrogen) atoms. The van der Waals surface area contributed by atoms with Gasteiger partial charge in [0.15, 0.2) is 5.78 Å². The van der Waals surface area contributed by atoms with E-state index in [0.29, 0.717) is 5.56 Å². The van der Waals surface area contributed by atoms with Crippen molar-refractivity contribution in [3.63, 3.8) is 0 Å². The molecule has 0 fully saturated rings. The Morgan fingerprint density at radius 3 is 2.60 bits per heavy atom. The molecule has 80 valence electrons. The second-order valence-electron chi connectivity index (χ2n) is 3.14. The van der Waals surface area contributed by atoms with Crippen molar-refractivity contribution in [2.24, 2.45) is 0 Å². The van der Waals surface area contributed by atoms with Crippen LogP contribution >= 0.6 is 15.9 Å². The van der Waals surface area contributed by atoms with Crippen molar-refractivity contribution < 1.29 is 14.3 Å². The van der Waals surface area contributed by atoms with Gasteiger partial charge in [-0.2, -0.15) is 0 Å². The van der Waals surface area contributed by atoms with Crippen molar-refractivity contribution in [1.29, 1.82) is 0 Å². The molecule has 0 saturated carbocycles. The fourth-order valence-electron chi connectivity index (χ4n) is 1.07. The molecule has 0 radical (unpaired) electrons. The van der Waals surface area contributed by atoms with Crippen LogP contribution in [0.3, 0.4) is 0 Å². The van der Waals surface area contributed by atoms with Crippen LogP contribution in [0.1, 0.15) is 22.3 Å². The number of ether oxygens (including phenoxy) is 1. The second-order valence-corrected chi connectivity index (χ2v) is 3.99. The Hall–Kier alpha value is -1.16. The zero-order chi connectivity index (χ0) is 11.4. The summed E-state index contributed by atoms with van der Waals surface area (Å²) in [6.45, 7) is 1.93. The molecular weight excluding hydrogens is 260 g/mol. The van der Waals surface area contributed by atoms with E-state index >= 15 is 0 Å². The summed E-state index contributed by atoms with van der Waals surface area (Å²) in [6.07, 6.45) is -0.216. The zero-order valence-corrected chi connectivity index (χ0v) is 10.1. The number of benzene rings is 1. The lowest BCUT2D eigenvalue weighted by Gasteiger charge is -2.02. The summed E-state index contributed by atoms with van der Waals surface area (Å²) < 4.78 is 5.28. The molecule has 0 unspecified atom stereocenters. The fourth-order valence-corrected chi connectivity index (χ4v) is 1.45. The summed E-state index contributed by atoms with van der Waals surface area (Å²) in [7, 11) is 1.26. The summed E-state index contributed by atoms with van der Waals surface area (Å²) in [5.41, 5.74) is 1.56. The van der Waals surface area contributed by atoms with Gasteiger partial charge in [0.25, 0.3) is 0 Å². The Labute approximate surface area is 96.6 Å². The number of aryl methyl sites for hydroxylation is 1. The molecule has 0 aliphatic heterocycles. The Bertz CT molecular complexity index is 399. The van der Waals surface area contributed by atoms with Crippen LogP contribution in [-0.4, -0.2) is 18.9 Å². The number of carbonyl (C=O) groups excluding carboxylic acids is 2. The van der Waals surface area contributed by atoms with Gasteiger partial charge in [-0.05, 0) is 18.6 Å². The van der Waals surface area contributed by atoms with Crippen molar-refractivity contribution in [2.75, 3.05) is 7.11 Å². The van der Waals surface area contributed by atoms with Gasteiger partial charge >= 0.3 is 5.97 Å². The van der Waals surface area contributed by atoms with Crippen LogP contribution in [-0.2, 0) is 9.53 Å². The molecule has 3 nitrogen and oxygen atoms in total. The third-order valence-corrected chi connectivity index (χ3v) is 2.88. The third-order valence-electron chi connectivity index (χ3n) is 2.03. The van der Waals surface area contributed by atoms with Crippen LogP contribution in [0.15, 0.2) is 22.7 Å². The lowest BCUT2D eigenvalue weighted by molar-refractivity contribution is -0.139. The minimum atomic E-state index is -0.517. The highest BCUT2D eigenvalue weighted by Crippen LogP contribution is 2.18. The van der Waals surface area contributed by atoms with Crippen LogP contribution in [0.4, 0.5) is 0 Å². The van der Waals surface area contributed by atoms with Crippen molar-refractivity contribution in [2.45, 2.75) is 13.3 Å². The molecule has 4 heteroatoms. The predicted molar refractivity (Wildman–Crippen MR) is 59.8 cm³/mol. The molecule has 0 saturated heterocycles. The maximum atomic E-state index is 11.6. The summed E-state index contributed by atoms with van der Waals surface area (Å²) in [5.74, 6) is -0.751. The Kier molecular flexibility index (Phi) is 4.03. The lowest BCUT2D eigenvalue weighted by atomic mass is 10.1. The minimum Gasteiger partial charge on any atom is -0.469 e. The highest BCUT2D eigenvalue weighted by Gasteiger charge is 2.12. The lowest BCUT2D eigenvalue weighted by Crippen LogP contribution is -2.09. The van der Waals surface area contributed by atoms with E-state index in [1.165, 1.54) is 7.11 Å². The van der Waals surface area contributed by atoms with E-state index in [9.17, 15) is 9.59 Å². The molecule has 0 heterocycles. The van der Waals surface area contributed by atoms with Crippen LogP contribution in [0, 0.1) is 6.92 Å². The zero-order valence-electron chi connectivity index (χ0n) is 8.54. The number of methoxy groups -OCH3 is 1. The fraction of sp³-hybridized carbons (Fsp3) is 0.273. The topological polar surface area (TPSA) is 43.4 Å².